The zero-order valence-corrected chi connectivity index (χ0v) is 14.4. The van der Waals surface area contributed by atoms with Gasteiger partial charge in [-0.1, -0.05) is 24.3 Å². The Morgan fingerprint density at radius 3 is 2.62 bits per heavy atom. The zero-order chi connectivity index (χ0) is 18.4. The molecule has 26 heavy (non-hydrogen) atoms. The molecule has 136 valence electrons. The molecule has 0 bridgehead atoms. The van der Waals surface area contributed by atoms with E-state index >= 15 is 0 Å². The van der Waals surface area contributed by atoms with Gasteiger partial charge >= 0.3 is 0 Å². The van der Waals surface area contributed by atoms with Crippen LogP contribution in [0.5, 0.6) is 5.75 Å². The van der Waals surface area contributed by atoms with Crippen LogP contribution in [0.2, 0.25) is 0 Å². The molecule has 1 heterocycles. The Kier molecular flexibility index (Phi) is 5.86. The summed E-state index contributed by atoms with van der Waals surface area (Å²) >= 11 is 0. The van der Waals surface area contributed by atoms with Gasteiger partial charge in [-0.3, -0.25) is 9.59 Å². The van der Waals surface area contributed by atoms with Gasteiger partial charge in [-0.15, -0.1) is 0 Å². The summed E-state index contributed by atoms with van der Waals surface area (Å²) in [5.74, 6) is -0.307. The molecule has 0 aliphatic carbocycles. The molecule has 2 amide bonds. The van der Waals surface area contributed by atoms with Gasteiger partial charge in [0.15, 0.2) is 0 Å². The minimum atomic E-state index is -0.235. The summed E-state index contributed by atoms with van der Waals surface area (Å²) in [6, 6.07) is 13.4. The zero-order valence-electron chi connectivity index (χ0n) is 14.4. The fourth-order valence-corrected chi connectivity index (χ4v) is 2.89. The van der Waals surface area contributed by atoms with Crippen LogP contribution in [0.3, 0.4) is 0 Å². The van der Waals surface area contributed by atoms with Crippen molar-refractivity contribution in [3.8, 4) is 5.75 Å². The fourth-order valence-electron chi connectivity index (χ4n) is 2.89. The maximum Gasteiger partial charge on any atom is 0.253 e. The molecule has 0 aromatic heterocycles. The largest absolute Gasteiger partial charge is 0.508 e. The molecule has 1 saturated heterocycles. The van der Waals surface area contributed by atoms with E-state index in [-0.39, 0.29) is 30.1 Å². The second-order valence-electron chi connectivity index (χ2n) is 6.28. The molecular formula is C20H22N2O4. The van der Waals surface area contributed by atoms with Crippen LogP contribution in [0.25, 0.3) is 0 Å². The molecular weight excluding hydrogens is 332 g/mol. The van der Waals surface area contributed by atoms with Crippen molar-refractivity contribution in [3.63, 3.8) is 0 Å². The number of para-hydroxylation sites is 1. The molecule has 6 heteroatoms. The minimum absolute atomic E-state index is 0.0650. The Labute approximate surface area is 152 Å². The summed E-state index contributed by atoms with van der Waals surface area (Å²) in [6.45, 7) is 1.21. The first-order valence-electron chi connectivity index (χ1n) is 8.68. The highest BCUT2D eigenvalue weighted by Crippen LogP contribution is 2.17. The number of nitrogens with one attached hydrogen (secondary N) is 2. The van der Waals surface area contributed by atoms with E-state index in [1.165, 1.54) is 12.1 Å². The van der Waals surface area contributed by atoms with Gasteiger partial charge in [0.1, 0.15) is 5.75 Å². The van der Waals surface area contributed by atoms with Crippen LogP contribution in [0.4, 0.5) is 5.69 Å². The lowest BCUT2D eigenvalue weighted by Gasteiger charge is -2.14. The Morgan fingerprint density at radius 1 is 1.12 bits per heavy atom. The highest BCUT2D eigenvalue weighted by atomic mass is 16.5. The minimum Gasteiger partial charge on any atom is -0.508 e. The standard InChI is InChI=1S/C20H22N2O4/c23-15-9-7-14(8-10-15)12-19(24)22-18-6-2-1-5-17(18)20(25)21-13-16-4-3-11-26-16/h1-2,5-10,16,23H,3-4,11-13H2,(H,21,25)(H,22,24). The van der Waals surface area contributed by atoms with Crippen LogP contribution < -0.4 is 10.6 Å². The molecule has 2 aromatic carbocycles. The Hall–Kier alpha value is -2.86. The highest BCUT2D eigenvalue weighted by molar-refractivity contribution is 6.04. The Bertz CT molecular complexity index is 768. The number of hydrogen-bond acceptors (Lipinski definition) is 4. The van der Waals surface area contributed by atoms with E-state index in [2.05, 4.69) is 10.6 Å². The summed E-state index contributed by atoms with van der Waals surface area (Å²) in [4.78, 5) is 24.7. The second kappa shape index (κ2) is 8.49. The van der Waals surface area contributed by atoms with Crippen molar-refractivity contribution in [1.82, 2.24) is 5.32 Å². The number of carbonyl (C=O) groups excluding carboxylic acids is 2. The molecule has 1 fully saturated rings. The van der Waals surface area contributed by atoms with Crippen LogP contribution >= 0.6 is 0 Å². The van der Waals surface area contributed by atoms with Crippen molar-refractivity contribution >= 4 is 17.5 Å². The van der Waals surface area contributed by atoms with Gasteiger partial charge in [0.25, 0.3) is 5.91 Å². The smallest absolute Gasteiger partial charge is 0.253 e. The van der Waals surface area contributed by atoms with E-state index in [1.54, 1.807) is 36.4 Å². The first-order valence-corrected chi connectivity index (χ1v) is 8.68. The third-order valence-electron chi connectivity index (χ3n) is 4.26. The maximum atomic E-state index is 12.5. The number of carbonyl (C=O) groups is 2. The first kappa shape index (κ1) is 17.9. The third-order valence-corrected chi connectivity index (χ3v) is 4.26. The molecule has 0 spiro atoms. The molecule has 1 atom stereocenters. The number of anilines is 1. The van der Waals surface area contributed by atoms with Gasteiger partial charge in [0.2, 0.25) is 5.91 Å². The monoisotopic (exact) mass is 354 g/mol. The number of phenols is 1. The van der Waals surface area contributed by atoms with Crippen molar-refractivity contribution in [2.75, 3.05) is 18.5 Å². The predicted molar refractivity (Wildman–Crippen MR) is 98.2 cm³/mol. The molecule has 1 aliphatic heterocycles. The first-order chi connectivity index (χ1) is 12.6. The highest BCUT2D eigenvalue weighted by Gasteiger charge is 2.18. The Morgan fingerprint density at radius 2 is 1.88 bits per heavy atom. The normalized spacial score (nSPS) is 16.2. The van der Waals surface area contributed by atoms with Crippen LogP contribution in [-0.2, 0) is 16.0 Å². The fraction of sp³-hybridized carbons (Fsp3) is 0.300. The Balaban J connectivity index is 1.61. The number of amides is 2. The molecule has 2 aromatic rings. The van der Waals surface area contributed by atoms with E-state index in [1.807, 2.05) is 0 Å². The molecule has 3 N–H and O–H groups in total. The van der Waals surface area contributed by atoms with E-state index in [4.69, 9.17) is 4.74 Å². The average molecular weight is 354 g/mol. The topological polar surface area (TPSA) is 87.7 Å². The predicted octanol–water partition coefficient (Wildman–Crippen LogP) is 2.48. The summed E-state index contributed by atoms with van der Waals surface area (Å²) in [5.41, 5.74) is 1.67. The van der Waals surface area contributed by atoms with Gasteiger partial charge in [0, 0.05) is 13.2 Å². The van der Waals surface area contributed by atoms with Crippen molar-refractivity contribution in [3.05, 3.63) is 59.7 Å². The lowest BCUT2D eigenvalue weighted by molar-refractivity contribution is -0.115. The van der Waals surface area contributed by atoms with Gasteiger partial charge in [0.05, 0.1) is 23.8 Å². The van der Waals surface area contributed by atoms with Crippen LogP contribution in [-0.4, -0.2) is 36.2 Å². The lowest BCUT2D eigenvalue weighted by Crippen LogP contribution is -2.32. The second-order valence-corrected chi connectivity index (χ2v) is 6.28. The van der Waals surface area contributed by atoms with E-state index < -0.39 is 0 Å². The number of phenolic OH excluding ortho intramolecular Hbond substituents is 1. The van der Waals surface area contributed by atoms with Crippen molar-refractivity contribution in [1.29, 1.82) is 0 Å². The quantitative estimate of drug-likeness (QED) is 0.744. The van der Waals surface area contributed by atoms with E-state index in [0.29, 0.717) is 17.8 Å². The van der Waals surface area contributed by atoms with E-state index in [0.717, 1.165) is 25.0 Å². The number of rotatable bonds is 6. The number of ether oxygens (including phenoxy) is 1. The molecule has 1 aliphatic rings. The maximum absolute atomic E-state index is 12.5. The molecule has 3 rings (SSSR count). The van der Waals surface area contributed by atoms with Crippen LogP contribution in [0, 0.1) is 0 Å². The van der Waals surface area contributed by atoms with Gasteiger partial charge in [-0.2, -0.15) is 0 Å². The average Bonchev–Trinajstić information content (AvgIpc) is 3.16. The van der Waals surface area contributed by atoms with Gasteiger partial charge in [-0.05, 0) is 42.7 Å². The summed E-state index contributed by atoms with van der Waals surface area (Å²) in [6.07, 6.45) is 2.19. The number of benzene rings is 2. The van der Waals surface area contributed by atoms with Crippen LogP contribution in [0.1, 0.15) is 28.8 Å². The van der Waals surface area contributed by atoms with Gasteiger partial charge in [-0.25, -0.2) is 0 Å². The van der Waals surface area contributed by atoms with Crippen LogP contribution in [0.15, 0.2) is 48.5 Å². The summed E-state index contributed by atoms with van der Waals surface area (Å²) in [7, 11) is 0. The van der Waals surface area contributed by atoms with E-state index in [9.17, 15) is 14.7 Å². The molecule has 6 nitrogen and oxygen atoms in total. The molecule has 0 saturated carbocycles. The van der Waals surface area contributed by atoms with Crippen molar-refractivity contribution < 1.29 is 19.4 Å². The van der Waals surface area contributed by atoms with Crippen molar-refractivity contribution in [2.24, 2.45) is 0 Å². The van der Waals surface area contributed by atoms with Crippen molar-refractivity contribution in [2.45, 2.75) is 25.4 Å². The SMILES string of the molecule is O=C(Cc1ccc(O)cc1)Nc1ccccc1C(=O)NCC1CCCO1. The summed E-state index contributed by atoms with van der Waals surface area (Å²) < 4.78 is 5.51. The molecule has 1 unspecified atom stereocenters. The number of hydrogen-bond donors (Lipinski definition) is 3. The third kappa shape index (κ3) is 4.83. The number of aromatic hydroxyl groups is 1. The molecule has 0 radical (unpaired) electrons. The van der Waals surface area contributed by atoms with Gasteiger partial charge < -0.3 is 20.5 Å². The summed E-state index contributed by atoms with van der Waals surface area (Å²) in [5, 5.41) is 15.0. The lowest BCUT2D eigenvalue weighted by atomic mass is 10.1.